The van der Waals surface area contributed by atoms with E-state index >= 15 is 0 Å². The first-order valence-corrected chi connectivity index (χ1v) is 7.97. The molecule has 1 N–H and O–H groups in total. The number of nitrogens with one attached hydrogen (secondary N) is 1. The molecular formula is C17H18N6O. The Morgan fingerprint density at radius 2 is 1.79 bits per heavy atom. The third-order valence-electron chi connectivity index (χ3n) is 4.37. The predicted molar refractivity (Wildman–Crippen MR) is 91.0 cm³/mol. The second-order valence-electron chi connectivity index (χ2n) is 5.94. The third-order valence-corrected chi connectivity index (χ3v) is 4.37. The van der Waals surface area contributed by atoms with E-state index in [4.69, 9.17) is 0 Å². The highest BCUT2D eigenvalue weighted by atomic mass is 16.2. The molecule has 7 nitrogen and oxygen atoms in total. The Kier molecular flexibility index (Phi) is 3.60. The number of amides is 1. The van der Waals surface area contributed by atoms with Gasteiger partial charge < -0.3 is 14.8 Å². The number of imidazole rings is 1. The summed E-state index contributed by atoms with van der Waals surface area (Å²) < 4.78 is 0. The average molecular weight is 322 g/mol. The molecule has 0 spiro atoms. The molecule has 7 heteroatoms. The molecular weight excluding hydrogens is 304 g/mol. The first kappa shape index (κ1) is 14.6. The average Bonchev–Trinajstić information content (AvgIpc) is 3.11. The van der Waals surface area contributed by atoms with Gasteiger partial charge in [-0.25, -0.2) is 15.0 Å². The third kappa shape index (κ3) is 2.58. The van der Waals surface area contributed by atoms with Crippen LogP contribution in [0.1, 0.15) is 15.9 Å². The van der Waals surface area contributed by atoms with Gasteiger partial charge in [0.05, 0.1) is 6.33 Å². The standard InChI is InChI=1S/C17H18N6O/c1-12-2-4-13(5-3-12)17(24)23-8-6-22(7-9-23)16-14-15(19-10-18-14)20-11-21-16/h2-5,10-11H,6-9H2,1H3,(H,18,19,20,21). The highest BCUT2D eigenvalue weighted by Gasteiger charge is 2.24. The van der Waals surface area contributed by atoms with Crippen molar-refractivity contribution in [2.75, 3.05) is 31.1 Å². The van der Waals surface area contributed by atoms with Crippen LogP contribution < -0.4 is 4.90 Å². The number of aromatic nitrogens is 4. The molecule has 122 valence electrons. The van der Waals surface area contributed by atoms with Gasteiger partial charge in [0.2, 0.25) is 0 Å². The highest BCUT2D eigenvalue weighted by Crippen LogP contribution is 2.21. The number of carbonyl (C=O) groups excluding carboxylic acids is 1. The number of hydrogen-bond acceptors (Lipinski definition) is 5. The largest absolute Gasteiger partial charge is 0.351 e. The summed E-state index contributed by atoms with van der Waals surface area (Å²) in [4.78, 5) is 32.4. The molecule has 2 aromatic heterocycles. The van der Waals surface area contributed by atoms with Crippen LogP contribution >= 0.6 is 0 Å². The van der Waals surface area contributed by atoms with E-state index in [0.29, 0.717) is 18.7 Å². The predicted octanol–water partition coefficient (Wildman–Crippen LogP) is 1.62. The van der Waals surface area contributed by atoms with E-state index in [1.165, 1.54) is 6.33 Å². The van der Waals surface area contributed by atoms with Crippen molar-refractivity contribution in [1.29, 1.82) is 0 Å². The van der Waals surface area contributed by atoms with Gasteiger partial charge in [-0.15, -0.1) is 0 Å². The van der Waals surface area contributed by atoms with Crippen molar-refractivity contribution in [2.24, 2.45) is 0 Å². The van der Waals surface area contributed by atoms with Gasteiger partial charge in [-0.3, -0.25) is 4.79 Å². The van der Waals surface area contributed by atoms with Crippen LogP contribution in [0, 0.1) is 6.92 Å². The Bertz CT molecular complexity index is 864. The van der Waals surface area contributed by atoms with Crippen molar-refractivity contribution in [3.63, 3.8) is 0 Å². The second kappa shape index (κ2) is 5.92. The molecule has 3 aromatic rings. The maximum absolute atomic E-state index is 12.6. The number of piperazine rings is 1. The second-order valence-corrected chi connectivity index (χ2v) is 5.94. The molecule has 4 rings (SSSR count). The first-order chi connectivity index (χ1) is 11.7. The summed E-state index contributed by atoms with van der Waals surface area (Å²) in [6.07, 6.45) is 3.16. The fraction of sp³-hybridized carbons (Fsp3) is 0.294. The Hall–Kier alpha value is -2.96. The smallest absolute Gasteiger partial charge is 0.253 e. The zero-order chi connectivity index (χ0) is 16.5. The van der Waals surface area contributed by atoms with Gasteiger partial charge in [-0.05, 0) is 19.1 Å². The Morgan fingerprint density at radius 3 is 2.54 bits per heavy atom. The lowest BCUT2D eigenvalue weighted by atomic mass is 10.1. The molecule has 1 aliphatic heterocycles. The zero-order valence-corrected chi connectivity index (χ0v) is 13.4. The molecule has 1 amide bonds. The molecule has 3 heterocycles. The number of hydrogen-bond donors (Lipinski definition) is 1. The van der Waals surface area contributed by atoms with E-state index in [1.807, 2.05) is 36.1 Å². The van der Waals surface area contributed by atoms with E-state index in [9.17, 15) is 4.79 Å². The van der Waals surface area contributed by atoms with Gasteiger partial charge in [0.15, 0.2) is 11.5 Å². The summed E-state index contributed by atoms with van der Waals surface area (Å²) in [5.74, 6) is 0.934. The fourth-order valence-electron chi connectivity index (χ4n) is 2.99. The van der Waals surface area contributed by atoms with Crippen molar-refractivity contribution >= 4 is 22.9 Å². The number of rotatable bonds is 2. The normalized spacial score (nSPS) is 15.0. The molecule has 0 radical (unpaired) electrons. The number of nitrogens with zero attached hydrogens (tertiary/aromatic N) is 5. The van der Waals surface area contributed by atoms with Crippen LogP contribution in [0.25, 0.3) is 11.2 Å². The number of fused-ring (bicyclic) bond motifs is 1. The molecule has 1 aromatic carbocycles. The van der Waals surface area contributed by atoms with E-state index < -0.39 is 0 Å². The van der Waals surface area contributed by atoms with E-state index in [0.717, 1.165) is 35.6 Å². The lowest BCUT2D eigenvalue weighted by Gasteiger charge is -2.35. The van der Waals surface area contributed by atoms with Gasteiger partial charge in [0.25, 0.3) is 5.91 Å². The Morgan fingerprint density at radius 1 is 1.04 bits per heavy atom. The van der Waals surface area contributed by atoms with Crippen molar-refractivity contribution in [3.8, 4) is 0 Å². The Labute approximate surface area is 139 Å². The Balaban J connectivity index is 1.48. The summed E-state index contributed by atoms with van der Waals surface area (Å²) in [5, 5.41) is 0. The van der Waals surface area contributed by atoms with Crippen LogP contribution in [0.3, 0.4) is 0 Å². The molecule has 0 atom stereocenters. The van der Waals surface area contributed by atoms with E-state index in [2.05, 4.69) is 24.8 Å². The molecule has 0 unspecified atom stereocenters. The summed E-state index contributed by atoms with van der Waals surface area (Å²) in [5.41, 5.74) is 3.41. The van der Waals surface area contributed by atoms with Crippen LogP contribution in [-0.4, -0.2) is 56.9 Å². The van der Waals surface area contributed by atoms with Crippen molar-refractivity contribution in [3.05, 3.63) is 48.0 Å². The molecule has 0 saturated carbocycles. The van der Waals surface area contributed by atoms with Crippen LogP contribution in [-0.2, 0) is 0 Å². The molecule has 24 heavy (non-hydrogen) atoms. The number of carbonyl (C=O) groups is 1. The van der Waals surface area contributed by atoms with Crippen LogP contribution in [0.2, 0.25) is 0 Å². The number of benzene rings is 1. The number of aryl methyl sites for hydroxylation is 1. The van der Waals surface area contributed by atoms with Crippen molar-refractivity contribution in [1.82, 2.24) is 24.8 Å². The number of H-pyrrole nitrogens is 1. The molecule has 0 aliphatic carbocycles. The first-order valence-electron chi connectivity index (χ1n) is 7.97. The van der Waals surface area contributed by atoms with E-state index in [-0.39, 0.29) is 5.91 Å². The van der Waals surface area contributed by atoms with Gasteiger partial charge in [0, 0.05) is 31.7 Å². The minimum atomic E-state index is 0.0871. The lowest BCUT2D eigenvalue weighted by Crippen LogP contribution is -2.49. The van der Waals surface area contributed by atoms with Crippen molar-refractivity contribution in [2.45, 2.75) is 6.92 Å². The number of aromatic amines is 1. The molecule has 1 fully saturated rings. The van der Waals surface area contributed by atoms with Gasteiger partial charge >= 0.3 is 0 Å². The van der Waals surface area contributed by atoms with E-state index in [1.54, 1.807) is 6.33 Å². The van der Waals surface area contributed by atoms with Crippen molar-refractivity contribution < 1.29 is 4.79 Å². The topological polar surface area (TPSA) is 78.0 Å². The maximum Gasteiger partial charge on any atom is 0.253 e. The quantitative estimate of drug-likeness (QED) is 0.776. The minimum absolute atomic E-state index is 0.0871. The molecule has 1 aliphatic rings. The fourth-order valence-corrected chi connectivity index (χ4v) is 2.99. The molecule has 0 bridgehead atoms. The van der Waals surface area contributed by atoms with Gasteiger partial charge in [-0.1, -0.05) is 17.7 Å². The van der Waals surface area contributed by atoms with Crippen LogP contribution in [0.5, 0.6) is 0 Å². The monoisotopic (exact) mass is 322 g/mol. The summed E-state index contributed by atoms with van der Waals surface area (Å²) in [6.45, 7) is 4.84. The summed E-state index contributed by atoms with van der Waals surface area (Å²) in [6, 6.07) is 7.73. The zero-order valence-electron chi connectivity index (χ0n) is 13.4. The minimum Gasteiger partial charge on any atom is -0.351 e. The summed E-state index contributed by atoms with van der Waals surface area (Å²) in [7, 11) is 0. The van der Waals surface area contributed by atoms with Gasteiger partial charge in [-0.2, -0.15) is 0 Å². The van der Waals surface area contributed by atoms with Gasteiger partial charge in [0.1, 0.15) is 11.8 Å². The lowest BCUT2D eigenvalue weighted by molar-refractivity contribution is 0.0746. The SMILES string of the molecule is Cc1ccc(C(=O)N2CCN(c3ncnc4nc[nH]c34)CC2)cc1. The van der Waals surface area contributed by atoms with Crippen LogP contribution in [0.4, 0.5) is 5.82 Å². The van der Waals surface area contributed by atoms with Crippen LogP contribution in [0.15, 0.2) is 36.9 Å². The molecule has 1 saturated heterocycles. The summed E-state index contributed by atoms with van der Waals surface area (Å²) >= 11 is 0. The highest BCUT2D eigenvalue weighted by molar-refractivity contribution is 5.94. The maximum atomic E-state index is 12.6. The number of anilines is 1.